The van der Waals surface area contributed by atoms with Gasteiger partial charge in [0.05, 0.1) is 5.69 Å². The van der Waals surface area contributed by atoms with Crippen LogP contribution in [0.25, 0.3) is 0 Å². The summed E-state index contributed by atoms with van der Waals surface area (Å²) in [7, 11) is 0. The van der Waals surface area contributed by atoms with Crippen molar-refractivity contribution < 1.29 is 4.79 Å². The van der Waals surface area contributed by atoms with Gasteiger partial charge in [0.15, 0.2) is 0 Å². The van der Waals surface area contributed by atoms with Crippen molar-refractivity contribution >= 4 is 17.5 Å². The van der Waals surface area contributed by atoms with Gasteiger partial charge in [-0.15, -0.1) is 0 Å². The second-order valence-electron chi connectivity index (χ2n) is 2.19. The van der Waals surface area contributed by atoms with Crippen LogP contribution in [0, 0.1) is 6.92 Å². The maximum atomic E-state index is 9.91. The van der Waals surface area contributed by atoms with Gasteiger partial charge in [0.1, 0.15) is 0 Å². The Morgan fingerprint density at radius 3 is 2.91 bits per heavy atom. The number of benzene rings is 1. The highest BCUT2D eigenvalue weighted by molar-refractivity contribution is 5.62. The molecule has 0 spiro atoms. The van der Waals surface area contributed by atoms with E-state index in [1.165, 1.54) is 6.08 Å². The molecule has 0 aliphatic heterocycles. The van der Waals surface area contributed by atoms with Crippen LogP contribution in [0.5, 0.6) is 0 Å². The SMILES string of the molecule is Cc1c(N)cccc1N=C=O. The van der Waals surface area contributed by atoms with E-state index in [0.717, 1.165) is 5.56 Å². The van der Waals surface area contributed by atoms with Crippen LogP contribution in [-0.2, 0) is 4.79 Å². The summed E-state index contributed by atoms with van der Waals surface area (Å²) in [6.45, 7) is 1.81. The fraction of sp³-hybridized carbons (Fsp3) is 0.125. The number of carbonyl (C=O) groups excluding carboxylic acids is 1. The number of anilines is 1. The molecule has 1 aromatic rings. The Balaban J connectivity index is 3.26. The Hall–Kier alpha value is -1.60. The molecule has 0 aliphatic carbocycles. The predicted octanol–water partition coefficient (Wildman–Crippen LogP) is 1.54. The van der Waals surface area contributed by atoms with Crippen LogP contribution < -0.4 is 5.73 Å². The number of nitrogen functional groups attached to an aromatic ring is 1. The second kappa shape index (κ2) is 2.99. The van der Waals surface area contributed by atoms with Crippen LogP contribution in [0.4, 0.5) is 11.4 Å². The van der Waals surface area contributed by atoms with Crippen LogP contribution in [0.3, 0.4) is 0 Å². The first kappa shape index (κ1) is 7.51. The molecular weight excluding hydrogens is 140 g/mol. The summed E-state index contributed by atoms with van der Waals surface area (Å²) in [5.41, 5.74) is 7.60. The van der Waals surface area contributed by atoms with Crippen molar-refractivity contribution in [2.45, 2.75) is 6.92 Å². The largest absolute Gasteiger partial charge is 0.398 e. The van der Waals surface area contributed by atoms with Crippen molar-refractivity contribution in [2.24, 2.45) is 4.99 Å². The van der Waals surface area contributed by atoms with E-state index in [1.54, 1.807) is 18.2 Å². The average Bonchev–Trinajstić information content (AvgIpc) is 1.99. The molecule has 2 N–H and O–H groups in total. The first-order valence-electron chi connectivity index (χ1n) is 3.18. The Labute approximate surface area is 64.6 Å². The first-order chi connectivity index (χ1) is 5.25. The summed E-state index contributed by atoms with van der Waals surface area (Å²) in [6.07, 6.45) is 1.47. The van der Waals surface area contributed by atoms with E-state index in [-0.39, 0.29) is 0 Å². The van der Waals surface area contributed by atoms with Crippen LogP contribution >= 0.6 is 0 Å². The maximum absolute atomic E-state index is 9.91. The van der Waals surface area contributed by atoms with Crippen molar-refractivity contribution in [3.63, 3.8) is 0 Å². The van der Waals surface area contributed by atoms with E-state index in [4.69, 9.17) is 5.73 Å². The van der Waals surface area contributed by atoms with E-state index in [2.05, 4.69) is 4.99 Å². The number of nitrogens with two attached hydrogens (primary N) is 1. The molecule has 3 heteroatoms. The summed E-state index contributed by atoms with van der Waals surface area (Å²) >= 11 is 0. The quantitative estimate of drug-likeness (QED) is 0.373. The zero-order chi connectivity index (χ0) is 8.27. The second-order valence-corrected chi connectivity index (χ2v) is 2.19. The summed E-state index contributed by atoms with van der Waals surface area (Å²) in [4.78, 5) is 13.4. The molecule has 3 nitrogen and oxygen atoms in total. The highest BCUT2D eigenvalue weighted by Crippen LogP contribution is 2.22. The van der Waals surface area contributed by atoms with E-state index in [0.29, 0.717) is 11.4 Å². The number of isocyanates is 1. The molecule has 1 aromatic carbocycles. The lowest BCUT2D eigenvalue weighted by atomic mass is 10.2. The molecule has 0 bridgehead atoms. The standard InChI is InChI=1S/C8H8N2O/c1-6-7(9)3-2-4-8(6)10-5-11/h2-4H,9H2,1H3. The molecule has 0 unspecified atom stereocenters. The lowest BCUT2D eigenvalue weighted by molar-refractivity contribution is 0.565. The topological polar surface area (TPSA) is 55.4 Å². The smallest absolute Gasteiger partial charge is 0.240 e. The van der Waals surface area contributed by atoms with E-state index in [1.807, 2.05) is 6.92 Å². The van der Waals surface area contributed by atoms with Crippen LogP contribution in [0.15, 0.2) is 23.2 Å². The monoisotopic (exact) mass is 148 g/mol. The first-order valence-corrected chi connectivity index (χ1v) is 3.18. The molecule has 0 fully saturated rings. The lowest BCUT2D eigenvalue weighted by Gasteiger charge is -1.99. The van der Waals surface area contributed by atoms with Gasteiger partial charge in [-0.2, -0.15) is 4.99 Å². The molecular formula is C8H8N2O. The molecule has 0 radical (unpaired) electrons. The van der Waals surface area contributed by atoms with Gasteiger partial charge in [-0.25, -0.2) is 4.79 Å². The minimum absolute atomic E-state index is 0.583. The third-order valence-electron chi connectivity index (χ3n) is 1.51. The zero-order valence-electron chi connectivity index (χ0n) is 6.16. The Kier molecular flexibility index (Phi) is 2.04. The number of hydrogen-bond donors (Lipinski definition) is 1. The molecule has 0 aromatic heterocycles. The fourth-order valence-corrected chi connectivity index (χ4v) is 0.811. The Bertz CT molecular complexity index is 314. The van der Waals surface area contributed by atoms with Crippen LogP contribution in [0.2, 0.25) is 0 Å². The molecule has 0 saturated heterocycles. The number of nitrogens with zero attached hydrogens (tertiary/aromatic N) is 1. The lowest BCUT2D eigenvalue weighted by Crippen LogP contribution is -1.87. The minimum atomic E-state index is 0.583. The Morgan fingerprint density at radius 1 is 1.55 bits per heavy atom. The van der Waals surface area contributed by atoms with Crippen LogP contribution in [0.1, 0.15) is 5.56 Å². The fourth-order valence-electron chi connectivity index (χ4n) is 0.811. The molecule has 56 valence electrons. The van der Waals surface area contributed by atoms with Gasteiger partial charge in [0.25, 0.3) is 0 Å². The highest BCUT2D eigenvalue weighted by atomic mass is 16.1. The van der Waals surface area contributed by atoms with E-state index >= 15 is 0 Å². The Morgan fingerprint density at radius 2 is 2.27 bits per heavy atom. The van der Waals surface area contributed by atoms with E-state index < -0.39 is 0 Å². The van der Waals surface area contributed by atoms with Crippen molar-refractivity contribution in [1.82, 2.24) is 0 Å². The van der Waals surface area contributed by atoms with Gasteiger partial charge in [0, 0.05) is 5.69 Å². The van der Waals surface area contributed by atoms with Gasteiger partial charge >= 0.3 is 0 Å². The van der Waals surface area contributed by atoms with Crippen molar-refractivity contribution in [3.8, 4) is 0 Å². The number of hydrogen-bond acceptors (Lipinski definition) is 3. The summed E-state index contributed by atoms with van der Waals surface area (Å²) < 4.78 is 0. The van der Waals surface area contributed by atoms with E-state index in [9.17, 15) is 4.79 Å². The number of rotatable bonds is 1. The van der Waals surface area contributed by atoms with Crippen molar-refractivity contribution in [1.29, 1.82) is 0 Å². The van der Waals surface area contributed by atoms with Crippen molar-refractivity contribution in [2.75, 3.05) is 5.73 Å². The third-order valence-corrected chi connectivity index (χ3v) is 1.51. The predicted molar refractivity (Wildman–Crippen MR) is 43.4 cm³/mol. The number of aliphatic imine (C=N–C) groups is 1. The minimum Gasteiger partial charge on any atom is -0.398 e. The van der Waals surface area contributed by atoms with Gasteiger partial charge in [-0.05, 0) is 24.6 Å². The molecule has 0 atom stereocenters. The average molecular weight is 148 g/mol. The summed E-state index contributed by atoms with van der Waals surface area (Å²) in [6, 6.07) is 5.23. The van der Waals surface area contributed by atoms with Gasteiger partial charge in [-0.1, -0.05) is 6.07 Å². The van der Waals surface area contributed by atoms with Gasteiger partial charge in [0.2, 0.25) is 6.08 Å². The maximum Gasteiger partial charge on any atom is 0.240 e. The summed E-state index contributed by atoms with van der Waals surface area (Å²) in [5, 5.41) is 0. The normalized spacial score (nSPS) is 8.82. The van der Waals surface area contributed by atoms with Gasteiger partial charge in [-0.3, -0.25) is 0 Å². The molecule has 1 rings (SSSR count). The summed E-state index contributed by atoms with van der Waals surface area (Å²) in [5.74, 6) is 0. The molecule has 0 heterocycles. The van der Waals surface area contributed by atoms with Crippen LogP contribution in [-0.4, -0.2) is 6.08 Å². The van der Waals surface area contributed by atoms with Gasteiger partial charge < -0.3 is 5.73 Å². The third kappa shape index (κ3) is 1.45. The molecule has 0 amide bonds. The van der Waals surface area contributed by atoms with Crippen molar-refractivity contribution in [3.05, 3.63) is 23.8 Å². The zero-order valence-corrected chi connectivity index (χ0v) is 6.16. The molecule has 0 saturated carbocycles. The molecule has 11 heavy (non-hydrogen) atoms. The molecule has 0 aliphatic rings. The highest BCUT2D eigenvalue weighted by Gasteiger charge is 1.97.